The van der Waals surface area contributed by atoms with Crippen LogP contribution in [0.5, 0.6) is 0 Å². The molecule has 156 valence electrons. The van der Waals surface area contributed by atoms with Crippen molar-refractivity contribution in [1.29, 1.82) is 0 Å². The lowest BCUT2D eigenvalue weighted by Gasteiger charge is -2.05. The van der Waals surface area contributed by atoms with Crippen molar-refractivity contribution in [2.45, 2.75) is 6.42 Å². The van der Waals surface area contributed by atoms with Gasteiger partial charge in [0, 0.05) is 43.4 Å². The number of aryl methyl sites for hydroxylation is 2. The fourth-order valence-corrected chi connectivity index (χ4v) is 3.17. The maximum absolute atomic E-state index is 13.2. The second-order valence-electron chi connectivity index (χ2n) is 6.99. The first-order valence-electron chi connectivity index (χ1n) is 9.57. The summed E-state index contributed by atoms with van der Waals surface area (Å²) in [4.78, 5) is 12.4. The van der Waals surface area contributed by atoms with E-state index in [1.54, 1.807) is 47.9 Å². The van der Waals surface area contributed by atoms with Crippen molar-refractivity contribution in [3.63, 3.8) is 0 Å². The first-order chi connectivity index (χ1) is 15.0. The number of aromatic nitrogens is 6. The number of hydrogen-bond acceptors (Lipinski definition) is 5. The lowest BCUT2D eigenvalue weighted by molar-refractivity contribution is -0.111. The molecular weight excluding hydrogens is 397 g/mol. The molecule has 0 aliphatic carbocycles. The molecule has 0 bridgehead atoms. The largest absolute Gasteiger partial charge is 0.323 e. The maximum atomic E-state index is 13.2. The van der Waals surface area contributed by atoms with E-state index in [1.807, 2.05) is 24.3 Å². The number of amides is 1. The van der Waals surface area contributed by atoms with Crippen LogP contribution in [0.2, 0.25) is 0 Å². The SMILES string of the molecule is Cn1nnnc1Cc1ccc(NC(=O)C=Cc2cnn(C)c2-c2ccc(F)cc2)cc1. The van der Waals surface area contributed by atoms with Crippen molar-refractivity contribution in [2.75, 3.05) is 5.32 Å². The van der Waals surface area contributed by atoms with Crippen LogP contribution in [0.25, 0.3) is 17.3 Å². The van der Waals surface area contributed by atoms with Crippen molar-refractivity contribution in [2.24, 2.45) is 14.1 Å². The lowest BCUT2D eigenvalue weighted by atomic mass is 10.1. The van der Waals surface area contributed by atoms with Gasteiger partial charge in [0.05, 0.1) is 11.9 Å². The number of tetrazole rings is 1. The third-order valence-electron chi connectivity index (χ3n) is 4.79. The molecule has 0 spiro atoms. The predicted octanol–water partition coefficient (Wildman–Crippen LogP) is 2.99. The Bertz CT molecular complexity index is 1220. The van der Waals surface area contributed by atoms with E-state index in [0.717, 1.165) is 28.2 Å². The Balaban J connectivity index is 1.42. The Hall–Kier alpha value is -4.14. The number of anilines is 1. The molecule has 0 radical (unpaired) electrons. The Morgan fingerprint density at radius 3 is 2.48 bits per heavy atom. The predicted molar refractivity (Wildman–Crippen MR) is 114 cm³/mol. The van der Waals surface area contributed by atoms with Gasteiger partial charge in [0.1, 0.15) is 5.82 Å². The van der Waals surface area contributed by atoms with E-state index in [1.165, 1.54) is 18.2 Å². The average molecular weight is 417 g/mol. The van der Waals surface area contributed by atoms with Crippen molar-refractivity contribution in [3.05, 3.63) is 83.6 Å². The molecule has 0 saturated carbocycles. The highest BCUT2D eigenvalue weighted by Gasteiger charge is 2.10. The van der Waals surface area contributed by atoms with E-state index < -0.39 is 0 Å². The number of nitrogens with one attached hydrogen (secondary N) is 1. The lowest BCUT2D eigenvalue weighted by Crippen LogP contribution is -2.08. The molecule has 2 aromatic heterocycles. The molecule has 9 heteroatoms. The molecule has 4 aromatic rings. The zero-order valence-corrected chi connectivity index (χ0v) is 17.0. The van der Waals surface area contributed by atoms with Gasteiger partial charge in [-0.2, -0.15) is 5.10 Å². The third kappa shape index (κ3) is 4.72. The van der Waals surface area contributed by atoms with Crippen LogP contribution >= 0.6 is 0 Å². The highest BCUT2D eigenvalue weighted by molar-refractivity contribution is 6.02. The molecule has 0 saturated heterocycles. The maximum Gasteiger partial charge on any atom is 0.248 e. The molecule has 0 atom stereocenters. The summed E-state index contributed by atoms with van der Waals surface area (Å²) >= 11 is 0. The fraction of sp³-hybridized carbons (Fsp3) is 0.136. The van der Waals surface area contributed by atoms with Gasteiger partial charge in [0.15, 0.2) is 5.82 Å². The minimum Gasteiger partial charge on any atom is -0.323 e. The van der Waals surface area contributed by atoms with E-state index >= 15 is 0 Å². The molecule has 0 aliphatic rings. The van der Waals surface area contributed by atoms with Crippen LogP contribution < -0.4 is 5.32 Å². The Morgan fingerprint density at radius 1 is 1.06 bits per heavy atom. The monoisotopic (exact) mass is 417 g/mol. The van der Waals surface area contributed by atoms with Gasteiger partial charge in [-0.3, -0.25) is 9.48 Å². The van der Waals surface area contributed by atoms with Crippen molar-refractivity contribution in [1.82, 2.24) is 30.0 Å². The molecule has 1 N–H and O–H groups in total. The molecule has 4 rings (SSSR count). The molecule has 0 unspecified atom stereocenters. The van der Waals surface area contributed by atoms with Crippen LogP contribution in [0, 0.1) is 5.82 Å². The summed E-state index contributed by atoms with van der Waals surface area (Å²) in [5.74, 6) is 0.189. The summed E-state index contributed by atoms with van der Waals surface area (Å²) < 4.78 is 16.5. The van der Waals surface area contributed by atoms with Crippen LogP contribution in [0.4, 0.5) is 10.1 Å². The molecular formula is C22H20FN7O. The Kier molecular flexibility index (Phi) is 5.65. The first kappa shape index (κ1) is 20.1. The van der Waals surface area contributed by atoms with Crippen molar-refractivity contribution < 1.29 is 9.18 Å². The topological polar surface area (TPSA) is 90.5 Å². The van der Waals surface area contributed by atoms with Crippen LogP contribution in [-0.2, 0) is 25.3 Å². The van der Waals surface area contributed by atoms with Gasteiger partial charge in [-0.25, -0.2) is 9.07 Å². The standard InChI is InChI=1S/C22H20FN7O/c1-29-20(26-27-28-29)13-15-3-10-19(11-4-15)25-21(31)12-7-17-14-24-30(2)22(17)16-5-8-18(23)9-6-16/h3-12,14H,13H2,1-2H3,(H,25,31). The first-order valence-corrected chi connectivity index (χ1v) is 9.57. The summed E-state index contributed by atoms with van der Waals surface area (Å²) in [5, 5.41) is 18.5. The van der Waals surface area contributed by atoms with Gasteiger partial charge in [-0.1, -0.05) is 12.1 Å². The number of benzene rings is 2. The number of nitrogens with zero attached hydrogens (tertiary/aromatic N) is 6. The van der Waals surface area contributed by atoms with Crippen molar-refractivity contribution >= 4 is 17.7 Å². The van der Waals surface area contributed by atoms with Crippen LogP contribution in [0.3, 0.4) is 0 Å². The Morgan fingerprint density at radius 2 is 1.81 bits per heavy atom. The summed E-state index contributed by atoms with van der Waals surface area (Å²) in [5.41, 5.74) is 4.09. The van der Waals surface area contributed by atoms with Crippen LogP contribution in [0.1, 0.15) is 17.0 Å². The summed E-state index contributed by atoms with van der Waals surface area (Å²) in [6, 6.07) is 13.7. The summed E-state index contributed by atoms with van der Waals surface area (Å²) in [6.45, 7) is 0. The van der Waals surface area contributed by atoms with Gasteiger partial charge in [0.2, 0.25) is 5.91 Å². The average Bonchev–Trinajstić information content (AvgIpc) is 3.34. The molecule has 8 nitrogen and oxygen atoms in total. The van der Waals surface area contributed by atoms with Gasteiger partial charge >= 0.3 is 0 Å². The zero-order valence-electron chi connectivity index (χ0n) is 17.0. The third-order valence-corrected chi connectivity index (χ3v) is 4.79. The summed E-state index contributed by atoms with van der Waals surface area (Å²) in [7, 11) is 3.59. The highest BCUT2D eigenvalue weighted by Crippen LogP contribution is 2.24. The molecule has 1 amide bonds. The number of carbonyl (C=O) groups is 1. The van der Waals surface area contributed by atoms with E-state index in [2.05, 4.69) is 25.9 Å². The second-order valence-corrected chi connectivity index (χ2v) is 6.99. The number of hydrogen-bond donors (Lipinski definition) is 1. The van der Waals surface area contributed by atoms with E-state index in [9.17, 15) is 9.18 Å². The Labute approximate surface area is 178 Å². The molecule has 2 aromatic carbocycles. The summed E-state index contributed by atoms with van der Waals surface area (Å²) in [6.07, 6.45) is 5.41. The molecule has 2 heterocycles. The van der Waals surface area contributed by atoms with Crippen LogP contribution in [-0.4, -0.2) is 35.9 Å². The second kappa shape index (κ2) is 8.70. The van der Waals surface area contributed by atoms with E-state index in [-0.39, 0.29) is 11.7 Å². The highest BCUT2D eigenvalue weighted by atomic mass is 19.1. The van der Waals surface area contributed by atoms with E-state index in [4.69, 9.17) is 0 Å². The molecule has 0 fully saturated rings. The normalized spacial score (nSPS) is 11.2. The zero-order chi connectivity index (χ0) is 21.8. The number of halogens is 1. The van der Waals surface area contributed by atoms with Crippen molar-refractivity contribution in [3.8, 4) is 11.3 Å². The number of rotatable bonds is 6. The van der Waals surface area contributed by atoms with Gasteiger partial charge in [0.25, 0.3) is 0 Å². The van der Waals surface area contributed by atoms with Gasteiger partial charge in [-0.15, -0.1) is 5.10 Å². The quantitative estimate of drug-likeness (QED) is 0.487. The molecule has 31 heavy (non-hydrogen) atoms. The fourth-order valence-electron chi connectivity index (χ4n) is 3.17. The van der Waals surface area contributed by atoms with Gasteiger partial charge in [-0.05, 0) is 58.5 Å². The van der Waals surface area contributed by atoms with Crippen LogP contribution in [0.15, 0.2) is 60.8 Å². The van der Waals surface area contributed by atoms with E-state index in [0.29, 0.717) is 12.1 Å². The number of carbonyl (C=O) groups excluding carboxylic acids is 1. The smallest absolute Gasteiger partial charge is 0.248 e. The minimum atomic E-state index is -0.304. The minimum absolute atomic E-state index is 0.265. The van der Waals surface area contributed by atoms with Gasteiger partial charge < -0.3 is 5.32 Å². The molecule has 0 aliphatic heterocycles.